The third-order valence-electron chi connectivity index (χ3n) is 6.74. The standard InChI is InChI=1S/C29H25ClF2N6O4/c1-42-29(41)35-17-9-10-18-23-12-19(21(31)14-33-23)22(6-2-3-8-26(39)36-24(18)11-17)37-28(40)16-13-34-38(15-16)25-7-4-5-20(30)27(25)32/h4-5,7,9-15,22H,2-3,6,8H2,1H3,(H,35,41)(H,36,39)(H,37,40)/t22-/m0/s1. The van der Waals surface area contributed by atoms with Crippen LogP contribution >= 0.6 is 11.6 Å². The summed E-state index contributed by atoms with van der Waals surface area (Å²) in [6.07, 6.45) is 4.49. The Balaban J connectivity index is 1.47. The molecular weight excluding hydrogens is 570 g/mol. The van der Waals surface area contributed by atoms with Crippen molar-refractivity contribution < 1.29 is 27.9 Å². The van der Waals surface area contributed by atoms with Crippen molar-refractivity contribution in [1.29, 1.82) is 0 Å². The van der Waals surface area contributed by atoms with E-state index in [0.717, 1.165) is 6.20 Å². The van der Waals surface area contributed by atoms with Gasteiger partial charge in [-0.3, -0.25) is 19.9 Å². The molecule has 1 atom stereocenters. The fourth-order valence-electron chi connectivity index (χ4n) is 4.62. The summed E-state index contributed by atoms with van der Waals surface area (Å²) in [7, 11) is 1.23. The predicted octanol–water partition coefficient (Wildman–Crippen LogP) is 6.03. The molecule has 42 heavy (non-hydrogen) atoms. The molecule has 216 valence electrons. The average Bonchev–Trinajstić information content (AvgIpc) is 3.46. The number of benzene rings is 2. The average molecular weight is 595 g/mol. The van der Waals surface area contributed by atoms with Crippen molar-refractivity contribution in [3.05, 3.63) is 88.8 Å². The summed E-state index contributed by atoms with van der Waals surface area (Å²) >= 11 is 5.88. The summed E-state index contributed by atoms with van der Waals surface area (Å²) in [5, 5.41) is 12.2. The minimum atomic E-state index is -0.767. The molecule has 13 heteroatoms. The van der Waals surface area contributed by atoms with Crippen LogP contribution < -0.4 is 16.0 Å². The first-order valence-corrected chi connectivity index (χ1v) is 13.4. The molecule has 3 N–H and O–H groups in total. The Kier molecular flexibility index (Phi) is 8.43. The molecule has 0 unspecified atom stereocenters. The summed E-state index contributed by atoms with van der Waals surface area (Å²) in [4.78, 5) is 41.9. The highest BCUT2D eigenvalue weighted by molar-refractivity contribution is 6.30. The lowest BCUT2D eigenvalue weighted by Gasteiger charge is -2.22. The van der Waals surface area contributed by atoms with Gasteiger partial charge in [0.1, 0.15) is 11.5 Å². The maximum Gasteiger partial charge on any atom is 0.411 e. The Morgan fingerprint density at radius 2 is 1.98 bits per heavy atom. The van der Waals surface area contributed by atoms with E-state index < -0.39 is 29.7 Å². The Labute approximate surface area is 244 Å². The number of carbonyl (C=O) groups excluding carboxylic acids is 3. The van der Waals surface area contributed by atoms with Gasteiger partial charge < -0.3 is 15.4 Å². The van der Waals surface area contributed by atoms with Crippen LogP contribution in [0, 0.1) is 11.6 Å². The zero-order chi connectivity index (χ0) is 29.8. The second-order valence-electron chi connectivity index (χ2n) is 9.53. The molecule has 1 aliphatic rings. The highest BCUT2D eigenvalue weighted by Crippen LogP contribution is 2.34. The molecule has 3 amide bonds. The van der Waals surface area contributed by atoms with Crippen LogP contribution in [0.15, 0.2) is 61.1 Å². The van der Waals surface area contributed by atoms with Gasteiger partial charge in [-0.1, -0.05) is 24.1 Å². The largest absolute Gasteiger partial charge is 0.453 e. The molecule has 1 aliphatic heterocycles. The molecule has 0 saturated heterocycles. The van der Waals surface area contributed by atoms with E-state index in [9.17, 15) is 18.8 Å². The molecule has 0 saturated carbocycles. The van der Waals surface area contributed by atoms with Gasteiger partial charge in [0, 0.05) is 29.4 Å². The van der Waals surface area contributed by atoms with Crippen LogP contribution in [0.5, 0.6) is 0 Å². The maximum absolute atomic E-state index is 15.2. The second kappa shape index (κ2) is 12.4. The van der Waals surface area contributed by atoms with Crippen LogP contribution in [0.2, 0.25) is 5.02 Å². The highest BCUT2D eigenvalue weighted by Gasteiger charge is 2.23. The third kappa shape index (κ3) is 6.23. The van der Waals surface area contributed by atoms with E-state index in [1.54, 1.807) is 24.3 Å². The molecule has 0 fully saturated rings. The van der Waals surface area contributed by atoms with Crippen molar-refractivity contribution in [3.63, 3.8) is 0 Å². The van der Waals surface area contributed by atoms with Gasteiger partial charge in [0.05, 0.1) is 47.5 Å². The number of nitrogens with one attached hydrogen (secondary N) is 3. The highest BCUT2D eigenvalue weighted by atomic mass is 35.5. The molecule has 5 rings (SSSR count). The number of methoxy groups -OCH3 is 1. The van der Waals surface area contributed by atoms with Crippen molar-refractivity contribution in [2.45, 2.75) is 31.7 Å². The van der Waals surface area contributed by atoms with E-state index >= 15 is 4.39 Å². The maximum atomic E-state index is 15.2. The zero-order valence-electron chi connectivity index (χ0n) is 22.3. The number of anilines is 2. The van der Waals surface area contributed by atoms with E-state index in [1.807, 2.05) is 0 Å². The lowest BCUT2D eigenvalue weighted by atomic mass is 9.97. The summed E-state index contributed by atoms with van der Waals surface area (Å²) in [6, 6.07) is 9.97. The van der Waals surface area contributed by atoms with E-state index in [-0.39, 0.29) is 34.2 Å². The van der Waals surface area contributed by atoms with Crippen LogP contribution in [0.25, 0.3) is 16.9 Å². The number of hydrogen-bond donors (Lipinski definition) is 3. The number of pyridine rings is 1. The van der Waals surface area contributed by atoms with Gasteiger partial charge in [-0.15, -0.1) is 0 Å². The Morgan fingerprint density at radius 3 is 2.79 bits per heavy atom. The fourth-order valence-corrected chi connectivity index (χ4v) is 4.79. The van der Waals surface area contributed by atoms with E-state index in [1.165, 1.54) is 42.4 Å². The minimum Gasteiger partial charge on any atom is -0.453 e. The van der Waals surface area contributed by atoms with Crippen LogP contribution in [0.4, 0.5) is 25.0 Å². The van der Waals surface area contributed by atoms with Gasteiger partial charge in [0.15, 0.2) is 5.82 Å². The number of fused-ring (bicyclic) bond motifs is 4. The van der Waals surface area contributed by atoms with E-state index in [2.05, 4.69) is 30.8 Å². The molecule has 0 aliphatic carbocycles. The van der Waals surface area contributed by atoms with Crippen molar-refractivity contribution in [2.75, 3.05) is 17.7 Å². The second-order valence-corrected chi connectivity index (χ2v) is 9.94. The molecule has 10 nitrogen and oxygen atoms in total. The number of nitrogens with zero attached hydrogens (tertiary/aromatic N) is 3. The van der Waals surface area contributed by atoms with Crippen LogP contribution in [-0.4, -0.2) is 39.8 Å². The summed E-state index contributed by atoms with van der Waals surface area (Å²) < 4.78 is 35.5. The van der Waals surface area contributed by atoms with Crippen LogP contribution in [0.1, 0.15) is 47.6 Å². The van der Waals surface area contributed by atoms with Gasteiger partial charge in [-0.25, -0.2) is 18.3 Å². The number of halogens is 3. The van der Waals surface area contributed by atoms with Crippen LogP contribution in [-0.2, 0) is 9.53 Å². The Bertz CT molecular complexity index is 1680. The quantitative estimate of drug-likeness (QED) is 0.265. The van der Waals surface area contributed by atoms with Gasteiger partial charge >= 0.3 is 6.09 Å². The lowest BCUT2D eigenvalue weighted by Crippen LogP contribution is -2.29. The SMILES string of the molecule is COC(=O)Nc1ccc2c(c1)NC(=O)CCCC[C@H](NC(=O)c1cnn(-c3cccc(Cl)c3F)c1)c1cc-2ncc1F. The van der Waals surface area contributed by atoms with Gasteiger partial charge in [0.25, 0.3) is 5.91 Å². The first kappa shape index (κ1) is 28.7. The predicted molar refractivity (Wildman–Crippen MR) is 151 cm³/mol. The smallest absolute Gasteiger partial charge is 0.411 e. The molecule has 3 heterocycles. The summed E-state index contributed by atoms with van der Waals surface area (Å²) in [5.41, 5.74) is 1.96. The van der Waals surface area contributed by atoms with Gasteiger partial charge in [0.2, 0.25) is 5.91 Å². The summed E-state index contributed by atoms with van der Waals surface area (Å²) in [5.74, 6) is -2.10. The Morgan fingerprint density at radius 1 is 1.14 bits per heavy atom. The van der Waals surface area contributed by atoms with Crippen molar-refractivity contribution in [3.8, 4) is 16.9 Å². The monoisotopic (exact) mass is 594 g/mol. The first-order chi connectivity index (χ1) is 20.2. The van der Waals surface area contributed by atoms with Crippen molar-refractivity contribution in [1.82, 2.24) is 20.1 Å². The van der Waals surface area contributed by atoms with Crippen molar-refractivity contribution >= 4 is 40.9 Å². The van der Waals surface area contributed by atoms with Crippen molar-refractivity contribution in [2.24, 2.45) is 0 Å². The number of carbonyl (C=O) groups is 3. The summed E-state index contributed by atoms with van der Waals surface area (Å²) in [6.45, 7) is 0. The van der Waals surface area contributed by atoms with Crippen LogP contribution in [0.3, 0.4) is 0 Å². The number of aromatic nitrogens is 3. The minimum absolute atomic E-state index is 0.0688. The number of amides is 3. The molecule has 0 radical (unpaired) electrons. The molecule has 2 bridgehead atoms. The normalized spacial score (nSPS) is 15.0. The first-order valence-electron chi connectivity index (χ1n) is 13.0. The Hall–Kier alpha value is -4.84. The molecule has 2 aromatic heterocycles. The molecule has 2 aromatic carbocycles. The zero-order valence-corrected chi connectivity index (χ0v) is 23.0. The van der Waals surface area contributed by atoms with Gasteiger partial charge in [-0.05, 0) is 49.2 Å². The lowest BCUT2D eigenvalue weighted by molar-refractivity contribution is -0.116. The molecule has 4 aromatic rings. The van der Waals surface area contributed by atoms with E-state index in [4.69, 9.17) is 11.6 Å². The third-order valence-corrected chi connectivity index (χ3v) is 7.03. The van der Waals surface area contributed by atoms with E-state index in [0.29, 0.717) is 41.9 Å². The number of rotatable bonds is 4. The molecular formula is C29H25ClF2N6O4. The topological polar surface area (TPSA) is 127 Å². The number of ether oxygens (including phenoxy) is 1. The van der Waals surface area contributed by atoms with Gasteiger partial charge in [-0.2, -0.15) is 5.10 Å². The number of hydrogen-bond acceptors (Lipinski definition) is 6. The fraction of sp³-hybridized carbons (Fsp3) is 0.207. The molecule has 0 spiro atoms.